The van der Waals surface area contributed by atoms with Crippen LogP contribution in [0.4, 0.5) is 0 Å². The molecule has 6 nitrogen and oxygen atoms in total. The lowest BCUT2D eigenvalue weighted by Crippen LogP contribution is -3.12. The van der Waals surface area contributed by atoms with Crippen molar-refractivity contribution in [3.8, 4) is 5.75 Å². The molecular weight excluding hydrogens is 346 g/mol. The predicted octanol–water partition coefficient (Wildman–Crippen LogP) is 1.69. The molecule has 0 saturated carbocycles. The van der Waals surface area contributed by atoms with Crippen LogP contribution in [0.3, 0.4) is 0 Å². The number of piperidine rings is 1. The number of aromatic hydroxyl groups is 1. The predicted molar refractivity (Wildman–Crippen MR) is 101 cm³/mol. The SMILES string of the molecule is CCOC(=O)[C@@H]1CCC[NH+](Cc2c(O)c(C(=O)OC)cc3ccccc23)C1. The molecule has 0 aliphatic carbocycles. The fourth-order valence-electron chi connectivity index (χ4n) is 3.88. The summed E-state index contributed by atoms with van der Waals surface area (Å²) in [4.78, 5) is 25.4. The van der Waals surface area contributed by atoms with Gasteiger partial charge in [-0.1, -0.05) is 24.3 Å². The smallest absolute Gasteiger partial charge is 0.341 e. The molecule has 1 fully saturated rings. The minimum absolute atomic E-state index is 0.0358. The van der Waals surface area contributed by atoms with Gasteiger partial charge in [0.05, 0.1) is 32.4 Å². The Labute approximate surface area is 158 Å². The van der Waals surface area contributed by atoms with E-state index < -0.39 is 5.97 Å². The van der Waals surface area contributed by atoms with E-state index in [1.807, 2.05) is 31.2 Å². The lowest BCUT2D eigenvalue weighted by Gasteiger charge is -2.29. The first-order valence-corrected chi connectivity index (χ1v) is 9.37. The molecule has 2 N–H and O–H groups in total. The Morgan fingerprint density at radius 2 is 2.07 bits per heavy atom. The molecule has 0 radical (unpaired) electrons. The Bertz CT molecular complexity index is 848. The summed E-state index contributed by atoms with van der Waals surface area (Å²) in [7, 11) is 1.30. The molecule has 0 aromatic heterocycles. The Morgan fingerprint density at radius 1 is 1.30 bits per heavy atom. The Balaban J connectivity index is 1.92. The lowest BCUT2D eigenvalue weighted by atomic mass is 9.95. The summed E-state index contributed by atoms with van der Waals surface area (Å²) >= 11 is 0. The van der Waals surface area contributed by atoms with Gasteiger partial charge in [0, 0.05) is 0 Å². The minimum atomic E-state index is -0.558. The molecular formula is C21H26NO5+. The van der Waals surface area contributed by atoms with E-state index in [9.17, 15) is 14.7 Å². The standard InChI is InChI=1S/C21H25NO5/c1-3-27-20(24)15-8-6-10-22(12-15)13-18-16-9-5-4-7-14(16)11-17(19(18)23)21(25)26-2/h4-5,7,9,11,15,23H,3,6,8,10,12-13H2,1-2H3/p+1/t15-/m1/s1. The van der Waals surface area contributed by atoms with Crippen molar-refractivity contribution in [3.63, 3.8) is 0 Å². The highest BCUT2D eigenvalue weighted by Gasteiger charge is 2.31. The number of benzene rings is 2. The van der Waals surface area contributed by atoms with E-state index in [4.69, 9.17) is 9.47 Å². The van der Waals surface area contributed by atoms with Gasteiger partial charge in [0.15, 0.2) is 0 Å². The topological polar surface area (TPSA) is 77.3 Å². The number of hydrogen-bond donors (Lipinski definition) is 2. The highest BCUT2D eigenvalue weighted by atomic mass is 16.5. The molecule has 3 rings (SSSR count). The maximum atomic E-state index is 12.1. The summed E-state index contributed by atoms with van der Waals surface area (Å²) in [6.07, 6.45) is 1.76. The molecule has 1 heterocycles. The molecule has 2 aromatic carbocycles. The minimum Gasteiger partial charge on any atom is -0.507 e. The van der Waals surface area contributed by atoms with Gasteiger partial charge in [-0.05, 0) is 36.6 Å². The molecule has 2 aromatic rings. The number of carbonyl (C=O) groups excluding carboxylic acids is 2. The molecule has 144 valence electrons. The van der Waals surface area contributed by atoms with Crippen LogP contribution >= 0.6 is 0 Å². The number of hydrogen-bond acceptors (Lipinski definition) is 5. The average Bonchev–Trinajstić information content (AvgIpc) is 2.69. The molecule has 0 spiro atoms. The van der Waals surface area contributed by atoms with E-state index in [1.54, 1.807) is 6.07 Å². The quantitative estimate of drug-likeness (QED) is 0.781. The second-order valence-electron chi connectivity index (χ2n) is 6.94. The summed E-state index contributed by atoms with van der Waals surface area (Å²) in [6, 6.07) is 9.33. The zero-order valence-electron chi connectivity index (χ0n) is 15.8. The summed E-state index contributed by atoms with van der Waals surface area (Å²) in [5.41, 5.74) is 0.887. The number of quaternary nitrogens is 1. The van der Waals surface area contributed by atoms with Crippen molar-refractivity contribution in [2.24, 2.45) is 5.92 Å². The summed E-state index contributed by atoms with van der Waals surface area (Å²) in [6.45, 7) is 4.30. The van der Waals surface area contributed by atoms with Gasteiger partial charge in [-0.3, -0.25) is 4.79 Å². The van der Waals surface area contributed by atoms with Crippen molar-refractivity contribution in [1.29, 1.82) is 0 Å². The van der Waals surface area contributed by atoms with Gasteiger partial charge >= 0.3 is 11.9 Å². The van der Waals surface area contributed by atoms with Crippen molar-refractivity contribution in [2.45, 2.75) is 26.3 Å². The van der Waals surface area contributed by atoms with Crippen molar-refractivity contribution in [2.75, 3.05) is 26.8 Å². The summed E-state index contributed by atoms with van der Waals surface area (Å²) < 4.78 is 10.00. The van der Waals surface area contributed by atoms with Crippen LogP contribution in [0, 0.1) is 5.92 Å². The van der Waals surface area contributed by atoms with E-state index in [-0.39, 0.29) is 23.2 Å². The first kappa shape index (κ1) is 19.2. The summed E-state index contributed by atoms with van der Waals surface area (Å²) in [5, 5.41) is 12.6. The largest absolute Gasteiger partial charge is 0.507 e. The fraction of sp³-hybridized carbons (Fsp3) is 0.429. The number of rotatable bonds is 5. The van der Waals surface area contributed by atoms with Gasteiger partial charge in [-0.25, -0.2) is 4.79 Å². The molecule has 27 heavy (non-hydrogen) atoms. The molecule has 2 atom stereocenters. The number of carbonyl (C=O) groups is 2. The number of esters is 2. The number of phenols is 1. The van der Waals surface area contributed by atoms with Crippen LogP contribution in [0.25, 0.3) is 10.8 Å². The van der Waals surface area contributed by atoms with E-state index in [2.05, 4.69) is 0 Å². The number of phenolic OH excluding ortho intramolecular Hbond substituents is 1. The van der Waals surface area contributed by atoms with Crippen LogP contribution in [0.5, 0.6) is 5.75 Å². The van der Waals surface area contributed by atoms with Crippen molar-refractivity contribution >= 4 is 22.7 Å². The number of nitrogens with one attached hydrogen (secondary N) is 1. The van der Waals surface area contributed by atoms with Crippen LogP contribution in [-0.4, -0.2) is 43.9 Å². The maximum absolute atomic E-state index is 12.1. The number of methoxy groups -OCH3 is 1. The Hall–Kier alpha value is -2.60. The van der Waals surface area contributed by atoms with E-state index in [1.165, 1.54) is 12.0 Å². The average molecular weight is 372 g/mol. The van der Waals surface area contributed by atoms with Crippen LogP contribution < -0.4 is 4.90 Å². The third kappa shape index (κ3) is 4.06. The molecule has 0 amide bonds. The lowest BCUT2D eigenvalue weighted by molar-refractivity contribution is -0.921. The number of likely N-dealkylation sites (tertiary alicyclic amines) is 1. The van der Waals surface area contributed by atoms with E-state index in [0.717, 1.165) is 30.2 Å². The van der Waals surface area contributed by atoms with Crippen LogP contribution in [-0.2, 0) is 20.8 Å². The van der Waals surface area contributed by atoms with Gasteiger partial charge in [0.1, 0.15) is 23.8 Å². The fourth-order valence-corrected chi connectivity index (χ4v) is 3.88. The molecule has 0 bridgehead atoms. The Morgan fingerprint density at radius 3 is 2.81 bits per heavy atom. The maximum Gasteiger partial charge on any atom is 0.341 e. The number of ether oxygens (including phenoxy) is 2. The second-order valence-corrected chi connectivity index (χ2v) is 6.94. The molecule has 1 aliphatic rings. The highest BCUT2D eigenvalue weighted by Crippen LogP contribution is 2.31. The van der Waals surface area contributed by atoms with Crippen molar-refractivity contribution < 1.29 is 29.1 Å². The summed E-state index contributed by atoms with van der Waals surface area (Å²) in [5.74, 6) is -0.859. The van der Waals surface area contributed by atoms with Gasteiger partial charge in [0.25, 0.3) is 0 Å². The number of fused-ring (bicyclic) bond motifs is 1. The third-order valence-corrected chi connectivity index (χ3v) is 5.20. The van der Waals surface area contributed by atoms with Gasteiger partial charge in [-0.15, -0.1) is 0 Å². The van der Waals surface area contributed by atoms with Crippen LogP contribution in [0.15, 0.2) is 30.3 Å². The van der Waals surface area contributed by atoms with Gasteiger partial charge in [-0.2, -0.15) is 0 Å². The normalized spacial score (nSPS) is 19.6. The second kappa shape index (κ2) is 8.39. The van der Waals surface area contributed by atoms with Crippen LogP contribution in [0.1, 0.15) is 35.7 Å². The van der Waals surface area contributed by atoms with Crippen molar-refractivity contribution in [1.82, 2.24) is 0 Å². The molecule has 1 aliphatic heterocycles. The molecule has 6 heteroatoms. The van der Waals surface area contributed by atoms with Crippen molar-refractivity contribution in [3.05, 3.63) is 41.5 Å². The van der Waals surface area contributed by atoms with E-state index in [0.29, 0.717) is 25.3 Å². The third-order valence-electron chi connectivity index (χ3n) is 5.20. The Kier molecular flexibility index (Phi) is 5.96. The first-order valence-electron chi connectivity index (χ1n) is 9.37. The zero-order valence-corrected chi connectivity index (χ0v) is 15.8. The van der Waals surface area contributed by atoms with Gasteiger partial charge < -0.3 is 19.5 Å². The van der Waals surface area contributed by atoms with E-state index >= 15 is 0 Å². The first-order chi connectivity index (χ1) is 13.0. The highest BCUT2D eigenvalue weighted by molar-refractivity contribution is 6.00. The monoisotopic (exact) mass is 372 g/mol. The zero-order chi connectivity index (χ0) is 19.4. The molecule has 1 unspecified atom stereocenters. The molecule has 1 saturated heterocycles. The van der Waals surface area contributed by atoms with Crippen LogP contribution in [0.2, 0.25) is 0 Å². The van der Waals surface area contributed by atoms with Gasteiger partial charge in [0.2, 0.25) is 0 Å².